The Bertz CT molecular complexity index is 434. The highest BCUT2D eigenvalue weighted by Gasteiger charge is 2.13. The third-order valence-electron chi connectivity index (χ3n) is 2.62. The van der Waals surface area contributed by atoms with Gasteiger partial charge in [-0.15, -0.1) is 0 Å². The van der Waals surface area contributed by atoms with E-state index in [1.165, 1.54) is 0 Å². The molecule has 92 valence electrons. The first-order chi connectivity index (χ1) is 8.16. The third-order valence-corrected chi connectivity index (χ3v) is 3.51. The highest BCUT2D eigenvalue weighted by atomic mass is 32.2. The van der Waals surface area contributed by atoms with Crippen LogP contribution in [0.4, 0.5) is 0 Å². The molecular weight excluding hydrogens is 238 g/mol. The van der Waals surface area contributed by atoms with E-state index in [1.54, 1.807) is 11.8 Å². The van der Waals surface area contributed by atoms with Crippen molar-refractivity contribution in [1.82, 2.24) is 10.5 Å². The number of nitrogens with one attached hydrogen (secondary N) is 1. The molecule has 17 heavy (non-hydrogen) atoms. The molecule has 0 aliphatic carbocycles. The molecule has 0 bridgehead atoms. The standard InChI is InChI=1S/C11H15N3O2S/c1-7-9(8(2)16-14-7)3-4-10(15)13-11-12-5-6-17-11/h3-6H2,1-2H3,(H,12,13,15). The van der Waals surface area contributed by atoms with Gasteiger partial charge in [-0.1, -0.05) is 16.9 Å². The fraction of sp³-hybridized carbons (Fsp3) is 0.545. The summed E-state index contributed by atoms with van der Waals surface area (Å²) >= 11 is 1.59. The van der Waals surface area contributed by atoms with Gasteiger partial charge in [-0.2, -0.15) is 0 Å². The van der Waals surface area contributed by atoms with Crippen molar-refractivity contribution < 1.29 is 9.32 Å². The van der Waals surface area contributed by atoms with Crippen molar-refractivity contribution in [2.24, 2.45) is 4.99 Å². The molecule has 0 radical (unpaired) electrons. The van der Waals surface area contributed by atoms with Crippen LogP contribution in [0.15, 0.2) is 9.52 Å². The second-order valence-corrected chi connectivity index (χ2v) is 4.97. The first-order valence-electron chi connectivity index (χ1n) is 5.55. The number of aromatic nitrogens is 1. The molecule has 1 aromatic rings. The third kappa shape index (κ3) is 3.09. The van der Waals surface area contributed by atoms with E-state index in [2.05, 4.69) is 15.5 Å². The van der Waals surface area contributed by atoms with Gasteiger partial charge in [-0.25, -0.2) is 0 Å². The molecule has 5 nitrogen and oxygen atoms in total. The average Bonchev–Trinajstić information content (AvgIpc) is 2.88. The summed E-state index contributed by atoms with van der Waals surface area (Å²) < 4.78 is 5.05. The Morgan fingerprint density at radius 2 is 2.35 bits per heavy atom. The summed E-state index contributed by atoms with van der Waals surface area (Å²) in [6, 6.07) is 0. The monoisotopic (exact) mass is 253 g/mol. The highest BCUT2D eigenvalue weighted by molar-refractivity contribution is 8.14. The van der Waals surface area contributed by atoms with Crippen LogP contribution in [0.1, 0.15) is 23.4 Å². The van der Waals surface area contributed by atoms with E-state index in [9.17, 15) is 4.79 Å². The van der Waals surface area contributed by atoms with E-state index >= 15 is 0 Å². The summed E-state index contributed by atoms with van der Waals surface area (Å²) in [6.45, 7) is 4.55. The molecule has 1 aromatic heterocycles. The predicted octanol–water partition coefficient (Wildman–Crippen LogP) is 1.44. The number of rotatable bonds is 3. The van der Waals surface area contributed by atoms with Gasteiger partial charge < -0.3 is 9.84 Å². The van der Waals surface area contributed by atoms with Crippen molar-refractivity contribution in [1.29, 1.82) is 0 Å². The summed E-state index contributed by atoms with van der Waals surface area (Å²) in [5.41, 5.74) is 1.89. The average molecular weight is 253 g/mol. The maximum Gasteiger partial charge on any atom is 0.226 e. The van der Waals surface area contributed by atoms with Crippen LogP contribution in [0, 0.1) is 13.8 Å². The van der Waals surface area contributed by atoms with Gasteiger partial charge in [-0.05, 0) is 20.3 Å². The second-order valence-electron chi connectivity index (χ2n) is 3.89. The normalized spacial score (nSPS) is 14.8. The largest absolute Gasteiger partial charge is 0.361 e. The Hall–Kier alpha value is -1.30. The van der Waals surface area contributed by atoms with Crippen molar-refractivity contribution in [3.8, 4) is 0 Å². The number of nitrogens with zero attached hydrogens (tertiary/aromatic N) is 2. The molecule has 1 aliphatic rings. The van der Waals surface area contributed by atoms with Crippen molar-refractivity contribution in [3.63, 3.8) is 0 Å². The van der Waals surface area contributed by atoms with Crippen LogP contribution < -0.4 is 5.32 Å². The highest BCUT2D eigenvalue weighted by Crippen LogP contribution is 2.14. The Labute approximate surface area is 104 Å². The Kier molecular flexibility index (Phi) is 3.83. The number of aryl methyl sites for hydroxylation is 2. The summed E-state index contributed by atoms with van der Waals surface area (Å²) in [5, 5.41) is 7.41. The van der Waals surface area contributed by atoms with Crippen molar-refractivity contribution in [3.05, 3.63) is 17.0 Å². The van der Waals surface area contributed by atoms with Crippen LogP contribution in [0.3, 0.4) is 0 Å². The van der Waals surface area contributed by atoms with Gasteiger partial charge in [0.15, 0.2) is 5.17 Å². The van der Waals surface area contributed by atoms with Gasteiger partial charge >= 0.3 is 0 Å². The number of hydrogen-bond acceptors (Lipinski definition) is 5. The van der Waals surface area contributed by atoms with Gasteiger partial charge in [-0.3, -0.25) is 9.79 Å². The van der Waals surface area contributed by atoms with Crippen molar-refractivity contribution >= 4 is 22.8 Å². The van der Waals surface area contributed by atoms with E-state index < -0.39 is 0 Å². The van der Waals surface area contributed by atoms with Crippen LogP contribution in [0.5, 0.6) is 0 Å². The van der Waals surface area contributed by atoms with Gasteiger partial charge in [0.05, 0.1) is 12.2 Å². The van der Waals surface area contributed by atoms with Gasteiger partial charge in [0.25, 0.3) is 0 Å². The first kappa shape index (κ1) is 12.2. The fourth-order valence-electron chi connectivity index (χ4n) is 1.69. The van der Waals surface area contributed by atoms with Gasteiger partial charge in [0.1, 0.15) is 5.76 Å². The lowest BCUT2D eigenvalue weighted by Crippen LogP contribution is -2.27. The number of thioether (sulfide) groups is 1. The molecule has 0 atom stereocenters. The zero-order chi connectivity index (χ0) is 12.3. The quantitative estimate of drug-likeness (QED) is 0.885. The number of carbonyl (C=O) groups is 1. The number of amides is 1. The number of carbonyl (C=O) groups excluding carboxylic acids is 1. The molecular formula is C11H15N3O2S. The van der Waals surface area contributed by atoms with Crippen LogP contribution in [-0.4, -0.2) is 28.5 Å². The molecule has 6 heteroatoms. The summed E-state index contributed by atoms with van der Waals surface area (Å²) in [6.07, 6.45) is 1.09. The molecule has 1 amide bonds. The minimum atomic E-state index is -0.00171. The summed E-state index contributed by atoms with van der Waals surface area (Å²) in [7, 11) is 0. The van der Waals surface area contributed by atoms with Crippen LogP contribution in [0.25, 0.3) is 0 Å². The number of amidine groups is 1. The number of aliphatic imine (C=N–C) groups is 1. The Balaban J connectivity index is 1.84. The molecule has 0 aromatic carbocycles. The number of hydrogen-bond donors (Lipinski definition) is 1. The van der Waals surface area contributed by atoms with Gasteiger partial charge in [0.2, 0.25) is 5.91 Å². The molecule has 0 saturated carbocycles. The lowest BCUT2D eigenvalue weighted by atomic mass is 10.1. The fourth-order valence-corrected chi connectivity index (χ4v) is 2.43. The van der Waals surface area contributed by atoms with Crippen LogP contribution in [0.2, 0.25) is 0 Å². The summed E-state index contributed by atoms with van der Waals surface area (Å²) in [5.74, 6) is 1.75. The molecule has 1 N–H and O–H groups in total. The topological polar surface area (TPSA) is 67.5 Å². The molecule has 0 fully saturated rings. The SMILES string of the molecule is Cc1noc(C)c1CCC(=O)NC1=NCCS1. The molecule has 2 heterocycles. The minimum Gasteiger partial charge on any atom is -0.361 e. The molecule has 2 rings (SSSR count). The predicted molar refractivity (Wildman–Crippen MR) is 67.2 cm³/mol. The summed E-state index contributed by atoms with van der Waals surface area (Å²) in [4.78, 5) is 15.8. The zero-order valence-electron chi connectivity index (χ0n) is 9.95. The Morgan fingerprint density at radius 3 is 2.94 bits per heavy atom. The van der Waals surface area contributed by atoms with Crippen molar-refractivity contribution in [2.75, 3.05) is 12.3 Å². The first-order valence-corrected chi connectivity index (χ1v) is 6.54. The Morgan fingerprint density at radius 1 is 1.53 bits per heavy atom. The zero-order valence-corrected chi connectivity index (χ0v) is 10.8. The van der Waals surface area contributed by atoms with Crippen LogP contribution in [-0.2, 0) is 11.2 Å². The van der Waals surface area contributed by atoms with E-state index in [0.717, 1.165) is 34.5 Å². The van der Waals surface area contributed by atoms with Gasteiger partial charge in [0, 0.05) is 17.7 Å². The van der Waals surface area contributed by atoms with Crippen LogP contribution >= 0.6 is 11.8 Å². The molecule has 0 saturated heterocycles. The molecule has 1 aliphatic heterocycles. The lowest BCUT2D eigenvalue weighted by Gasteiger charge is -2.03. The van der Waals surface area contributed by atoms with Crippen molar-refractivity contribution in [2.45, 2.75) is 26.7 Å². The molecule has 0 spiro atoms. The van der Waals surface area contributed by atoms with E-state index in [-0.39, 0.29) is 5.91 Å². The van der Waals surface area contributed by atoms with E-state index in [4.69, 9.17) is 4.52 Å². The lowest BCUT2D eigenvalue weighted by molar-refractivity contribution is -0.119. The maximum absolute atomic E-state index is 11.7. The van der Waals surface area contributed by atoms with E-state index in [1.807, 2.05) is 13.8 Å². The maximum atomic E-state index is 11.7. The van der Waals surface area contributed by atoms with E-state index in [0.29, 0.717) is 12.8 Å². The molecule has 0 unspecified atom stereocenters. The smallest absolute Gasteiger partial charge is 0.226 e. The minimum absolute atomic E-state index is 0.00171. The second kappa shape index (κ2) is 5.35.